The molecule has 0 bridgehead atoms. The van der Waals surface area contributed by atoms with Gasteiger partial charge in [0.05, 0.1) is 5.02 Å². The molecule has 0 aliphatic heterocycles. The molecule has 0 radical (unpaired) electrons. The standard InChI is InChI=1S/C14H11BrClNO/c1-8-6-9(2-5-12(8)15)14(18)11-4-3-10(17)7-13(11)16/h2-7H,17H2,1H3. The summed E-state index contributed by atoms with van der Waals surface area (Å²) in [5.74, 6) is -0.101. The highest BCUT2D eigenvalue weighted by Gasteiger charge is 2.13. The van der Waals surface area contributed by atoms with Gasteiger partial charge >= 0.3 is 0 Å². The first-order chi connectivity index (χ1) is 8.49. The van der Waals surface area contributed by atoms with Gasteiger partial charge in [0.2, 0.25) is 0 Å². The van der Waals surface area contributed by atoms with Crippen LogP contribution in [0.5, 0.6) is 0 Å². The largest absolute Gasteiger partial charge is 0.399 e. The zero-order valence-corrected chi connectivity index (χ0v) is 12.0. The van der Waals surface area contributed by atoms with Crippen LogP contribution in [0.1, 0.15) is 21.5 Å². The molecule has 2 aromatic rings. The summed E-state index contributed by atoms with van der Waals surface area (Å²) >= 11 is 9.44. The summed E-state index contributed by atoms with van der Waals surface area (Å²) in [5, 5.41) is 0.376. The van der Waals surface area contributed by atoms with Crippen molar-refractivity contribution in [2.45, 2.75) is 6.92 Å². The molecular weight excluding hydrogens is 314 g/mol. The number of nitrogen functional groups attached to an aromatic ring is 1. The predicted octanol–water partition coefficient (Wildman–Crippen LogP) is 4.22. The van der Waals surface area contributed by atoms with Gasteiger partial charge in [0.25, 0.3) is 0 Å². The summed E-state index contributed by atoms with van der Waals surface area (Å²) in [6, 6.07) is 10.4. The summed E-state index contributed by atoms with van der Waals surface area (Å²) < 4.78 is 0.974. The lowest BCUT2D eigenvalue weighted by Gasteiger charge is -2.06. The van der Waals surface area contributed by atoms with E-state index in [0.29, 0.717) is 21.8 Å². The minimum Gasteiger partial charge on any atom is -0.399 e. The number of nitrogens with two attached hydrogens (primary N) is 1. The van der Waals surface area contributed by atoms with Crippen molar-refractivity contribution >= 4 is 39.0 Å². The SMILES string of the molecule is Cc1cc(C(=O)c2ccc(N)cc2Cl)ccc1Br. The van der Waals surface area contributed by atoms with E-state index in [1.165, 1.54) is 0 Å². The first-order valence-corrected chi connectivity index (χ1v) is 6.52. The van der Waals surface area contributed by atoms with Crippen LogP contribution in [0.4, 0.5) is 5.69 Å². The topological polar surface area (TPSA) is 43.1 Å². The van der Waals surface area contributed by atoms with E-state index in [1.54, 1.807) is 24.3 Å². The molecule has 0 aliphatic carbocycles. The third kappa shape index (κ3) is 2.57. The molecule has 0 unspecified atom stereocenters. The molecule has 92 valence electrons. The molecule has 4 heteroatoms. The molecule has 2 rings (SSSR count). The van der Waals surface area contributed by atoms with Gasteiger partial charge in [-0.15, -0.1) is 0 Å². The molecular formula is C14H11BrClNO. The number of ketones is 1. The zero-order chi connectivity index (χ0) is 13.3. The van der Waals surface area contributed by atoms with E-state index in [-0.39, 0.29) is 5.78 Å². The number of benzene rings is 2. The van der Waals surface area contributed by atoms with Gasteiger partial charge in [-0.05, 0) is 48.9 Å². The number of hydrogen-bond acceptors (Lipinski definition) is 2. The van der Waals surface area contributed by atoms with E-state index in [2.05, 4.69) is 15.9 Å². The van der Waals surface area contributed by atoms with Crippen LogP contribution in [-0.2, 0) is 0 Å². The average molecular weight is 325 g/mol. The number of rotatable bonds is 2. The van der Waals surface area contributed by atoms with Crippen LogP contribution in [-0.4, -0.2) is 5.78 Å². The van der Waals surface area contributed by atoms with Crippen molar-refractivity contribution in [2.75, 3.05) is 5.73 Å². The van der Waals surface area contributed by atoms with Crippen molar-refractivity contribution in [1.29, 1.82) is 0 Å². The minimum absolute atomic E-state index is 0.101. The number of carbonyl (C=O) groups excluding carboxylic acids is 1. The second kappa shape index (κ2) is 5.12. The van der Waals surface area contributed by atoms with Gasteiger partial charge in [-0.3, -0.25) is 4.79 Å². The Balaban J connectivity index is 2.44. The predicted molar refractivity (Wildman–Crippen MR) is 78.2 cm³/mol. The Bertz CT molecular complexity index is 625. The smallest absolute Gasteiger partial charge is 0.194 e. The highest BCUT2D eigenvalue weighted by molar-refractivity contribution is 9.10. The van der Waals surface area contributed by atoms with E-state index in [1.807, 2.05) is 19.1 Å². The van der Waals surface area contributed by atoms with Gasteiger partial charge in [0, 0.05) is 21.3 Å². The van der Waals surface area contributed by atoms with Crippen LogP contribution >= 0.6 is 27.5 Å². The van der Waals surface area contributed by atoms with E-state index < -0.39 is 0 Å². The van der Waals surface area contributed by atoms with Gasteiger partial charge < -0.3 is 5.73 Å². The Morgan fingerprint density at radius 1 is 1.22 bits per heavy atom. The molecule has 0 aromatic heterocycles. The molecule has 0 saturated heterocycles. The van der Waals surface area contributed by atoms with E-state index in [0.717, 1.165) is 10.0 Å². The third-order valence-electron chi connectivity index (χ3n) is 2.66. The lowest BCUT2D eigenvalue weighted by molar-refractivity contribution is 0.103. The Hall–Kier alpha value is -1.32. The van der Waals surface area contributed by atoms with Crippen molar-refractivity contribution in [3.63, 3.8) is 0 Å². The van der Waals surface area contributed by atoms with Crippen molar-refractivity contribution in [3.05, 3.63) is 62.6 Å². The van der Waals surface area contributed by atoms with Crippen molar-refractivity contribution in [2.24, 2.45) is 0 Å². The lowest BCUT2D eigenvalue weighted by Crippen LogP contribution is -2.03. The number of anilines is 1. The first-order valence-electron chi connectivity index (χ1n) is 5.35. The molecule has 18 heavy (non-hydrogen) atoms. The molecule has 2 aromatic carbocycles. The fourth-order valence-electron chi connectivity index (χ4n) is 1.66. The summed E-state index contributed by atoms with van der Waals surface area (Å²) in [5.41, 5.74) is 8.24. The molecule has 0 aliphatic rings. The highest BCUT2D eigenvalue weighted by atomic mass is 79.9. The van der Waals surface area contributed by atoms with E-state index in [9.17, 15) is 4.79 Å². The Morgan fingerprint density at radius 2 is 1.94 bits per heavy atom. The first kappa shape index (κ1) is 13.1. The Morgan fingerprint density at radius 3 is 2.56 bits per heavy atom. The van der Waals surface area contributed by atoms with Crippen LogP contribution in [0.2, 0.25) is 5.02 Å². The maximum absolute atomic E-state index is 12.3. The van der Waals surface area contributed by atoms with Crippen LogP contribution < -0.4 is 5.73 Å². The van der Waals surface area contributed by atoms with Crippen LogP contribution in [0.25, 0.3) is 0 Å². The Kier molecular flexibility index (Phi) is 3.73. The highest BCUT2D eigenvalue weighted by Crippen LogP contribution is 2.24. The summed E-state index contributed by atoms with van der Waals surface area (Å²) in [6.45, 7) is 1.94. The van der Waals surface area contributed by atoms with E-state index in [4.69, 9.17) is 17.3 Å². The van der Waals surface area contributed by atoms with Crippen molar-refractivity contribution in [1.82, 2.24) is 0 Å². The number of aryl methyl sites for hydroxylation is 1. The van der Waals surface area contributed by atoms with Crippen molar-refractivity contribution in [3.8, 4) is 0 Å². The van der Waals surface area contributed by atoms with Gasteiger partial charge in [-0.2, -0.15) is 0 Å². The normalized spacial score (nSPS) is 10.4. The monoisotopic (exact) mass is 323 g/mol. The maximum atomic E-state index is 12.3. The van der Waals surface area contributed by atoms with Crippen LogP contribution in [0.15, 0.2) is 40.9 Å². The molecule has 0 atom stereocenters. The second-order valence-electron chi connectivity index (χ2n) is 4.03. The van der Waals surface area contributed by atoms with Crippen LogP contribution in [0.3, 0.4) is 0 Å². The number of carbonyl (C=O) groups is 1. The molecule has 2 N–H and O–H groups in total. The van der Waals surface area contributed by atoms with Gasteiger partial charge in [-0.25, -0.2) is 0 Å². The molecule has 0 fully saturated rings. The van der Waals surface area contributed by atoms with Gasteiger partial charge in [0.1, 0.15) is 0 Å². The lowest BCUT2D eigenvalue weighted by atomic mass is 10.0. The molecule has 0 saturated carbocycles. The molecule has 2 nitrogen and oxygen atoms in total. The fraction of sp³-hybridized carbons (Fsp3) is 0.0714. The summed E-state index contributed by atoms with van der Waals surface area (Å²) in [6.07, 6.45) is 0. The second-order valence-corrected chi connectivity index (χ2v) is 5.29. The third-order valence-corrected chi connectivity index (χ3v) is 3.86. The summed E-state index contributed by atoms with van der Waals surface area (Å²) in [4.78, 5) is 12.3. The minimum atomic E-state index is -0.101. The summed E-state index contributed by atoms with van der Waals surface area (Å²) in [7, 11) is 0. The van der Waals surface area contributed by atoms with Gasteiger partial charge in [0.15, 0.2) is 5.78 Å². The molecule has 0 heterocycles. The molecule has 0 amide bonds. The maximum Gasteiger partial charge on any atom is 0.194 e. The fourth-order valence-corrected chi connectivity index (χ4v) is 2.18. The quantitative estimate of drug-likeness (QED) is 0.664. The zero-order valence-electron chi connectivity index (χ0n) is 9.71. The van der Waals surface area contributed by atoms with E-state index >= 15 is 0 Å². The van der Waals surface area contributed by atoms with Crippen molar-refractivity contribution < 1.29 is 4.79 Å². The van der Waals surface area contributed by atoms with Crippen LogP contribution in [0, 0.1) is 6.92 Å². The number of halogens is 2. The Labute approximate surface area is 119 Å². The molecule has 0 spiro atoms. The van der Waals surface area contributed by atoms with Gasteiger partial charge in [-0.1, -0.05) is 27.5 Å². The number of hydrogen-bond donors (Lipinski definition) is 1. The average Bonchev–Trinajstić information content (AvgIpc) is 2.32.